The third-order valence-electron chi connectivity index (χ3n) is 4.43. The average molecular weight is 373 g/mol. The molecule has 1 heterocycles. The number of hydrogen-bond donors (Lipinski definition) is 0. The maximum atomic E-state index is 12.5. The van der Waals surface area contributed by atoms with E-state index in [0.29, 0.717) is 35.8 Å². The molecule has 6 nitrogen and oxygen atoms in total. The lowest BCUT2D eigenvalue weighted by molar-refractivity contribution is -0.139. The minimum Gasteiger partial charge on any atom is -0.493 e. The van der Waals surface area contributed by atoms with Gasteiger partial charge in [0.1, 0.15) is 0 Å². The van der Waals surface area contributed by atoms with Gasteiger partial charge in [-0.1, -0.05) is 19.4 Å². The van der Waals surface area contributed by atoms with Gasteiger partial charge in [0.15, 0.2) is 11.5 Å². The molecule has 1 aliphatic rings. The van der Waals surface area contributed by atoms with Gasteiger partial charge in [-0.3, -0.25) is 14.5 Å². The third-order valence-corrected chi connectivity index (χ3v) is 4.43. The van der Waals surface area contributed by atoms with Crippen molar-refractivity contribution in [2.75, 3.05) is 27.9 Å². The summed E-state index contributed by atoms with van der Waals surface area (Å²) in [6.07, 6.45) is 8.38. The molecule has 0 aliphatic carbocycles. The number of unbranched alkanes of at least 4 members (excludes halogenated alkanes) is 1. The lowest BCUT2D eigenvalue weighted by atomic mass is 10.0. The van der Waals surface area contributed by atoms with E-state index in [2.05, 4.69) is 6.92 Å². The third kappa shape index (κ3) is 4.90. The predicted octanol–water partition coefficient (Wildman–Crippen LogP) is 3.60. The Kier molecular flexibility index (Phi) is 7.46. The fourth-order valence-corrected chi connectivity index (χ4v) is 2.97. The fraction of sp³-hybridized carbons (Fsp3) is 0.429. The second-order valence-electron chi connectivity index (χ2n) is 6.21. The Balaban J connectivity index is 2.17. The van der Waals surface area contributed by atoms with Gasteiger partial charge < -0.3 is 14.2 Å². The predicted molar refractivity (Wildman–Crippen MR) is 104 cm³/mol. The van der Waals surface area contributed by atoms with E-state index < -0.39 is 0 Å². The van der Waals surface area contributed by atoms with Crippen LogP contribution >= 0.6 is 0 Å². The van der Waals surface area contributed by atoms with E-state index in [1.54, 1.807) is 18.2 Å². The number of amides is 2. The van der Waals surface area contributed by atoms with Gasteiger partial charge >= 0.3 is 0 Å². The molecule has 2 rings (SSSR count). The summed E-state index contributed by atoms with van der Waals surface area (Å²) >= 11 is 0. The second kappa shape index (κ2) is 9.80. The molecule has 1 aliphatic heterocycles. The molecular formula is C21H27NO5. The molecule has 0 saturated heterocycles. The molecule has 0 atom stereocenters. The van der Waals surface area contributed by atoms with Crippen molar-refractivity contribution in [2.45, 2.75) is 32.6 Å². The van der Waals surface area contributed by atoms with Crippen molar-refractivity contribution < 1.29 is 23.8 Å². The Hall–Kier alpha value is -2.76. The van der Waals surface area contributed by atoms with Crippen LogP contribution in [0.25, 0.3) is 6.08 Å². The molecule has 0 bridgehead atoms. The van der Waals surface area contributed by atoms with Crippen molar-refractivity contribution in [2.24, 2.45) is 0 Å². The Morgan fingerprint density at radius 1 is 1.15 bits per heavy atom. The summed E-state index contributed by atoms with van der Waals surface area (Å²) in [5.74, 6) is 0.982. The van der Waals surface area contributed by atoms with Crippen LogP contribution in [0.5, 0.6) is 17.2 Å². The molecular weight excluding hydrogens is 346 g/mol. The molecule has 0 fully saturated rings. The van der Waals surface area contributed by atoms with Crippen molar-refractivity contribution in [3.63, 3.8) is 0 Å². The van der Waals surface area contributed by atoms with Crippen LogP contribution in [0.3, 0.4) is 0 Å². The number of methoxy groups -OCH3 is 3. The molecule has 6 heteroatoms. The van der Waals surface area contributed by atoms with E-state index in [1.807, 2.05) is 6.08 Å². The summed E-state index contributed by atoms with van der Waals surface area (Å²) in [5, 5.41) is 0. The number of carbonyl (C=O) groups is 2. The van der Waals surface area contributed by atoms with Crippen LogP contribution in [-0.4, -0.2) is 44.6 Å². The van der Waals surface area contributed by atoms with E-state index in [9.17, 15) is 9.59 Å². The highest BCUT2D eigenvalue weighted by Crippen LogP contribution is 2.38. The van der Waals surface area contributed by atoms with Crippen LogP contribution in [0.15, 0.2) is 29.9 Å². The van der Waals surface area contributed by atoms with Crippen LogP contribution in [0.4, 0.5) is 0 Å². The van der Waals surface area contributed by atoms with Crippen LogP contribution < -0.4 is 14.2 Å². The van der Waals surface area contributed by atoms with Crippen LogP contribution in [0.1, 0.15) is 38.2 Å². The maximum Gasteiger partial charge on any atom is 0.256 e. The first kappa shape index (κ1) is 20.6. The highest BCUT2D eigenvalue weighted by atomic mass is 16.5. The lowest BCUT2D eigenvalue weighted by Gasteiger charge is -2.24. The lowest BCUT2D eigenvalue weighted by Crippen LogP contribution is -2.39. The maximum absolute atomic E-state index is 12.5. The second-order valence-corrected chi connectivity index (χ2v) is 6.21. The number of carbonyl (C=O) groups excluding carboxylic acids is 2. The molecule has 0 saturated carbocycles. The molecule has 0 N–H and O–H groups in total. The molecule has 1 aromatic carbocycles. The van der Waals surface area contributed by atoms with Crippen molar-refractivity contribution in [1.29, 1.82) is 0 Å². The standard InChI is InChI=1S/C21H27NO5/c1-5-6-8-16-9-7-12-22(21(16)24)19(23)11-10-15-13-17(25-2)20(27-4)18(14-15)26-3/h9-11,13-14H,5-8,12H2,1-4H3/b11-10+. The van der Waals surface area contributed by atoms with Gasteiger partial charge in [0, 0.05) is 18.2 Å². The highest BCUT2D eigenvalue weighted by molar-refractivity contribution is 6.09. The zero-order valence-corrected chi connectivity index (χ0v) is 16.4. The number of rotatable bonds is 8. The number of ether oxygens (including phenoxy) is 3. The van der Waals surface area contributed by atoms with Crippen molar-refractivity contribution >= 4 is 17.9 Å². The van der Waals surface area contributed by atoms with Gasteiger partial charge in [0.2, 0.25) is 5.75 Å². The summed E-state index contributed by atoms with van der Waals surface area (Å²) in [7, 11) is 4.60. The zero-order chi connectivity index (χ0) is 19.8. The topological polar surface area (TPSA) is 65.1 Å². The summed E-state index contributed by atoms with van der Waals surface area (Å²) < 4.78 is 15.9. The minimum absolute atomic E-state index is 0.186. The van der Waals surface area contributed by atoms with Gasteiger partial charge in [0.05, 0.1) is 21.3 Å². The SMILES string of the molecule is CCCCC1=CCCN(C(=O)/C=C/c2cc(OC)c(OC)c(OC)c2)C1=O. The van der Waals surface area contributed by atoms with Crippen LogP contribution in [-0.2, 0) is 9.59 Å². The van der Waals surface area contributed by atoms with Crippen LogP contribution in [0.2, 0.25) is 0 Å². The first-order valence-electron chi connectivity index (χ1n) is 9.08. The fourth-order valence-electron chi connectivity index (χ4n) is 2.97. The van der Waals surface area contributed by atoms with Crippen molar-refractivity contribution in [3.05, 3.63) is 35.4 Å². The Morgan fingerprint density at radius 3 is 2.37 bits per heavy atom. The molecule has 27 heavy (non-hydrogen) atoms. The molecule has 0 radical (unpaired) electrons. The first-order valence-corrected chi connectivity index (χ1v) is 9.08. The molecule has 0 unspecified atom stereocenters. The Bertz CT molecular complexity index is 726. The quantitative estimate of drug-likeness (QED) is 0.652. The first-order chi connectivity index (χ1) is 13.0. The molecule has 0 aromatic heterocycles. The summed E-state index contributed by atoms with van der Waals surface area (Å²) in [6, 6.07) is 3.49. The molecule has 0 spiro atoms. The Labute approximate surface area is 160 Å². The number of benzene rings is 1. The Morgan fingerprint density at radius 2 is 1.81 bits per heavy atom. The van der Waals surface area contributed by atoms with E-state index in [1.165, 1.54) is 32.3 Å². The summed E-state index contributed by atoms with van der Waals surface area (Å²) in [5.41, 5.74) is 1.45. The molecule has 1 aromatic rings. The van der Waals surface area contributed by atoms with E-state index in [4.69, 9.17) is 14.2 Å². The minimum atomic E-state index is -0.323. The van der Waals surface area contributed by atoms with Crippen molar-refractivity contribution in [3.8, 4) is 17.2 Å². The summed E-state index contributed by atoms with van der Waals surface area (Å²) in [6.45, 7) is 2.49. The van der Waals surface area contributed by atoms with Gasteiger partial charge in [0.25, 0.3) is 11.8 Å². The largest absolute Gasteiger partial charge is 0.493 e. The van der Waals surface area contributed by atoms with E-state index in [0.717, 1.165) is 24.8 Å². The van der Waals surface area contributed by atoms with Crippen molar-refractivity contribution in [1.82, 2.24) is 4.90 Å². The van der Waals surface area contributed by atoms with E-state index in [-0.39, 0.29) is 11.8 Å². The highest BCUT2D eigenvalue weighted by Gasteiger charge is 2.25. The van der Waals surface area contributed by atoms with Gasteiger partial charge in [-0.25, -0.2) is 0 Å². The number of hydrogen-bond acceptors (Lipinski definition) is 5. The molecule has 2 amide bonds. The normalized spacial score (nSPS) is 14.3. The summed E-state index contributed by atoms with van der Waals surface area (Å²) in [4.78, 5) is 26.4. The zero-order valence-electron chi connectivity index (χ0n) is 16.4. The average Bonchev–Trinajstić information content (AvgIpc) is 2.70. The smallest absolute Gasteiger partial charge is 0.256 e. The van der Waals surface area contributed by atoms with Gasteiger partial charge in [-0.2, -0.15) is 0 Å². The van der Waals surface area contributed by atoms with Gasteiger partial charge in [-0.05, 0) is 43.0 Å². The van der Waals surface area contributed by atoms with Crippen LogP contribution in [0, 0.1) is 0 Å². The number of imide groups is 1. The van der Waals surface area contributed by atoms with Gasteiger partial charge in [-0.15, -0.1) is 0 Å². The van der Waals surface area contributed by atoms with E-state index >= 15 is 0 Å². The monoisotopic (exact) mass is 373 g/mol. The number of nitrogens with zero attached hydrogens (tertiary/aromatic N) is 1. The molecule has 146 valence electrons.